The van der Waals surface area contributed by atoms with E-state index in [9.17, 15) is 14.9 Å². The van der Waals surface area contributed by atoms with E-state index in [1.165, 1.54) is 16.7 Å². The van der Waals surface area contributed by atoms with Crippen molar-refractivity contribution in [3.63, 3.8) is 0 Å². The van der Waals surface area contributed by atoms with Crippen molar-refractivity contribution in [2.75, 3.05) is 10.2 Å². The van der Waals surface area contributed by atoms with E-state index >= 15 is 0 Å². The second-order valence-corrected chi connectivity index (χ2v) is 8.24. The van der Waals surface area contributed by atoms with Crippen LogP contribution in [0.3, 0.4) is 0 Å². The minimum Gasteiger partial charge on any atom is -0.321 e. The van der Waals surface area contributed by atoms with Crippen molar-refractivity contribution in [2.24, 2.45) is 0 Å². The number of thioether (sulfide) groups is 1. The van der Waals surface area contributed by atoms with Gasteiger partial charge in [0.25, 0.3) is 5.91 Å². The maximum Gasteiger partial charge on any atom is 0.269 e. The van der Waals surface area contributed by atoms with Gasteiger partial charge in [0.2, 0.25) is 5.91 Å². The Labute approximate surface area is 175 Å². The lowest BCUT2D eigenvalue weighted by atomic mass is 10.0. The fourth-order valence-corrected chi connectivity index (χ4v) is 4.27. The number of hydrogen-bond donors (Lipinski definition) is 1. The Balaban J connectivity index is 2.01. The SMILES string of the molecule is CCC1S/C(=C(/C#N)C(=O)Nc2ccccc2)N(c2ccc(C(C)C)cc2)C1=O. The summed E-state index contributed by atoms with van der Waals surface area (Å²) >= 11 is 1.28. The number of carbonyl (C=O) groups is 2. The van der Waals surface area contributed by atoms with Gasteiger partial charge in [0.05, 0.1) is 5.25 Å². The first kappa shape index (κ1) is 20.7. The monoisotopic (exact) mass is 405 g/mol. The largest absolute Gasteiger partial charge is 0.321 e. The van der Waals surface area contributed by atoms with Gasteiger partial charge in [-0.25, -0.2) is 0 Å². The molecule has 1 aliphatic rings. The molecular weight excluding hydrogens is 382 g/mol. The molecule has 0 radical (unpaired) electrons. The van der Waals surface area contributed by atoms with E-state index in [1.807, 2.05) is 43.3 Å². The number of carbonyl (C=O) groups excluding carboxylic acids is 2. The molecule has 0 spiro atoms. The average molecular weight is 406 g/mol. The Hall–Kier alpha value is -3.04. The molecular formula is C23H23N3O2S. The molecule has 1 unspecified atom stereocenters. The summed E-state index contributed by atoms with van der Waals surface area (Å²) in [7, 11) is 0. The third kappa shape index (κ3) is 4.36. The highest BCUT2D eigenvalue weighted by atomic mass is 32.2. The van der Waals surface area contributed by atoms with Crippen LogP contribution in [0.25, 0.3) is 0 Å². The van der Waals surface area contributed by atoms with E-state index in [-0.39, 0.29) is 16.7 Å². The fraction of sp³-hybridized carbons (Fsp3) is 0.261. The standard InChI is InChI=1S/C23H23N3O2S/c1-4-20-22(28)26(18-12-10-16(11-13-18)15(2)3)23(29-20)19(14-24)21(27)25-17-8-6-5-7-9-17/h5-13,15,20H,4H2,1-3H3,(H,25,27)/b23-19-. The van der Waals surface area contributed by atoms with Crippen molar-refractivity contribution >= 4 is 35.0 Å². The van der Waals surface area contributed by atoms with Crippen LogP contribution >= 0.6 is 11.8 Å². The third-order valence-electron chi connectivity index (χ3n) is 4.73. The van der Waals surface area contributed by atoms with Crippen molar-refractivity contribution in [3.05, 3.63) is 70.8 Å². The Kier molecular flexibility index (Phi) is 6.40. The van der Waals surface area contributed by atoms with Crippen molar-refractivity contribution in [3.8, 4) is 6.07 Å². The minimum absolute atomic E-state index is 0.0592. The van der Waals surface area contributed by atoms with Crippen LogP contribution in [-0.2, 0) is 9.59 Å². The van der Waals surface area contributed by atoms with Gasteiger partial charge in [0, 0.05) is 11.4 Å². The number of nitrogens with one attached hydrogen (secondary N) is 1. The summed E-state index contributed by atoms with van der Waals surface area (Å²) in [5, 5.41) is 12.6. The summed E-state index contributed by atoms with van der Waals surface area (Å²) in [5.41, 5.74) is 2.36. The van der Waals surface area contributed by atoms with Gasteiger partial charge in [0.1, 0.15) is 16.7 Å². The van der Waals surface area contributed by atoms with Crippen molar-refractivity contribution in [1.82, 2.24) is 0 Å². The molecule has 1 fully saturated rings. The first-order chi connectivity index (χ1) is 14.0. The molecule has 0 bridgehead atoms. The first-order valence-corrected chi connectivity index (χ1v) is 10.5. The van der Waals surface area contributed by atoms with E-state index in [2.05, 4.69) is 19.2 Å². The zero-order chi connectivity index (χ0) is 21.0. The number of rotatable bonds is 5. The van der Waals surface area contributed by atoms with Crippen LogP contribution in [0.15, 0.2) is 65.2 Å². The molecule has 6 heteroatoms. The number of nitrogens with zero attached hydrogens (tertiary/aromatic N) is 2. The van der Waals surface area contributed by atoms with E-state index < -0.39 is 5.91 Å². The summed E-state index contributed by atoms with van der Waals surface area (Å²) in [6, 6.07) is 18.7. The molecule has 5 nitrogen and oxygen atoms in total. The lowest BCUT2D eigenvalue weighted by Crippen LogP contribution is -2.29. The summed E-state index contributed by atoms with van der Waals surface area (Å²) in [6.07, 6.45) is 0.618. The van der Waals surface area contributed by atoms with Crippen LogP contribution < -0.4 is 10.2 Å². The van der Waals surface area contributed by atoms with Gasteiger partial charge in [-0.15, -0.1) is 0 Å². The molecule has 0 saturated carbocycles. The summed E-state index contributed by atoms with van der Waals surface area (Å²) in [5.74, 6) is -0.253. The van der Waals surface area contributed by atoms with Gasteiger partial charge in [-0.1, -0.05) is 62.9 Å². The molecule has 1 heterocycles. The third-order valence-corrected chi connectivity index (χ3v) is 6.16. The molecule has 3 rings (SSSR count). The first-order valence-electron chi connectivity index (χ1n) is 9.57. The maximum atomic E-state index is 13.0. The van der Waals surface area contributed by atoms with Crippen LogP contribution in [-0.4, -0.2) is 17.1 Å². The van der Waals surface area contributed by atoms with Gasteiger partial charge in [-0.3, -0.25) is 14.5 Å². The molecule has 1 atom stereocenters. The second-order valence-electron chi connectivity index (χ2n) is 7.05. The Morgan fingerprint density at radius 3 is 2.38 bits per heavy atom. The van der Waals surface area contributed by atoms with Gasteiger partial charge >= 0.3 is 0 Å². The Morgan fingerprint density at radius 1 is 1.17 bits per heavy atom. The molecule has 29 heavy (non-hydrogen) atoms. The Bertz CT molecular complexity index is 975. The second kappa shape index (κ2) is 8.97. The number of para-hydroxylation sites is 1. The van der Waals surface area contributed by atoms with Crippen molar-refractivity contribution in [1.29, 1.82) is 5.26 Å². The normalized spacial score (nSPS) is 18.0. The zero-order valence-electron chi connectivity index (χ0n) is 16.7. The molecule has 1 saturated heterocycles. The maximum absolute atomic E-state index is 13.0. The van der Waals surface area contributed by atoms with Gasteiger partial charge in [-0.05, 0) is 42.2 Å². The van der Waals surface area contributed by atoms with E-state index in [0.29, 0.717) is 28.7 Å². The Morgan fingerprint density at radius 2 is 1.83 bits per heavy atom. The van der Waals surface area contributed by atoms with Crippen LogP contribution in [0.4, 0.5) is 11.4 Å². The highest BCUT2D eigenvalue weighted by molar-refractivity contribution is 8.05. The molecule has 1 aliphatic heterocycles. The van der Waals surface area contributed by atoms with E-state index in [4.69, 9.17) is 0 Å². The quantitative estimate of drug-likeness (QED) is 0.558. The van der Waals surface area contributed by atoms with Crippen molar-refractivity contribution in [2.45, 2.75) is 38.4 Å². The van der Waals surface area contributed by atoms with E-state index in [1.54, 1.807) is 24.3 Å². The van der Waals surface area contributed by atoms with Crippen LogP contribution in [0.1, 0.15) is 38.7 Å². The zero-order valence-corrected chi connectivity index (χ0v) is 17.5. The lowest BCUT2D eigenvalue weighted by molar-refractivity contribution is -0.117. The highest BCUT2D eigenvalue weighted by Gasteiger charge is 2.39. The molecule has 2 aromatic carbocycles. The molecule has 1 N–H and O–H groups in total. The predicted molar refractivity (Wildman–Crippen MR) is 117 cm³/mol. The summed E-state index contributed by atoms with van der Waals surface area (Å²) in [4.78, 5) is 27.3. The summed E-state index contributed by atoms with van der Waals surface area (Å²) < 4.78 is 0. The van der Waals surface area contributed by atoms with Crippen LogP contribution in [0, 0.1) is 11.3 Å². The lowest BCUT2D eigenvalue weighted by Gasteiger charge is -2.19. The number of benzene rings is 2. The van der Waals surface area contributed by atoms with Crippen molar-refractivity contribution < 1.29 is 9.59 Å². The van der Waals surface area contributed by atoms with Gasteiger partial charge < -0.3 is 5.32 Å². The fourth-order valence-electron chi connectivity index (χ4n) is 3.07. The molecule has 148 valence electrons. The highest BCUT2D eigenvalue weighted by Crippen LogP contribution is 2.42. The number of anilines is 2. The number of amides is 2. The molecule has 0 aliphatic carbocycles. The van der Waals surface area contributed by atoms with Gasteiger partial charge in [0.15, 0.2) is 0 Å². The summed E-state index contributed by atoms with van der Waals surface area (Å²) in [6.45, 7) is 6.13. The molecule has 2 amide bonds. The van der Waals surface area contributed by atoms with E-state index in [0.717, 1.165) is 5.56 Å². The smallest absolute Gasteiger partial charge is 0.269 e. The van der Waals surface area contributed by atoms with Gasteiger partial charge in [-0.2, -0.15) is 5.26 Å². The molecule has 0 aromatic heterocycles. The predicted octanol–water partition coefficient (Wildman–Crippen LogP) is 5.04. The number of hydrogen-bond acceptors (Lipinski definition) is 4. The minimum atomic E-state index is -0.519. The average Bonchev–Trinajstić information content (AvgIpc) is 3.05. The topological polar surface area (TPSA) is 73.2 Å². The number of nitriles is 1. The van der Waals surface area contributed by atoms with Crippen LogP contribution in [0.2, 0.25) is 0 Å². The molecule has 2 aromatic rings. The van der Waals surface area contributed by atoms with Crippen LogP contribution in [0.5, 0.6) is 0 Å².